The lowest BCUT2D eigenvalue weighted by atomic mass is 10.2. The maximum atomic E-state index is 9.66. The van der Waals surface area contributed by atoms with Crippen LogP contribution in [0.1, 0.15) is 11.8 Å². The zero-order valence-corrected chi connectivity index (χ0v) is 9.32. The molecular formula is C9H13BrN2O. The summed E-state index contributed by atoms with van der Waals surface area (Å²) in [5, 5.41) is 9.66. The fourth-order valence-electron chi connectivity index (χ4n) is 1.02. The normalized spacial score (nSPS) is 13.3. The first-order valence-electron chi connectivity index (χ1n) is 4.04. The van der Waals surface area contributed by atoms with E-state index in [1.807, 2.05) is 31.1 Å². The quantitative estimate of drug-likeness (QED) is 0.875. The van der Waals surface area contributed by atoms with Crippen molar-refractivity contribution in [2.75, 3.05) is 20.6 Å². The molecule has 0 bridgehead atoms. The van der Waals surface area contributed by atoms with Crippen molar-refractivity contribution in [3.05, 3.63) is 28.5 Å². The van der Waals surface area contributed by atoms with E-state index in [1.54, 1.807) is 6.20 Å². The van der Waals surface area contributed by atoms with Crippen molar-refractivity contribution in [2.45, 2.75) is 6.10 Å². The Morgan fingerprint density at radius 3 is 2.69 bits per heavy atom. The van der Waals surface area contributed by atoms with Crippen LogP contribution in [0.4, 0.5) is 0 Å². The molecule has 72 valence electrons. The summed E-state index contributed by atoms with van der Waals surface area (Å²) >= 11 is 3.29. The molecular weight excluding hydrogens is 232 g/mol. The molecule has 1 unspecified atom stereocenters. The summed E-state index contributed by atoms with van der Waals surface area (Å²) in [5.41, 5.74) is 0.705. The zero-order chi connectivity index (χ0) is 9.84. The molecule has 3 nitrogen and oxygen atoms in total. The first-order chi connectivity index (χ1) is 6.09. The molecule has 4 heteroatoms. The summed E-state index contributed by atoms with van der Waals surface area (Å²) < 4.78 is 0.924. The number of pyridine rings is 1. The highest BCUT2D eigenvalue weighted by molar-refractivity contribution is 9.10. The maximum absolute atomic E-state index is 9.66. The first kappa shape index (κ1) is 10.6. The van der Waals surface area contributed by atoms with Crippen molar-refractivity contribution in [3.8, 4) is 0 Å². The lowest BCUT2D eigenvalue weighted by Crippen LogP contribution is -2.20. The fourth-order valence-corrected chi connectivity index (χ4v) is 1.26. The van der Waals surface area contributed by atoms with Gasteiger partial charge in [0.25, 0.3) is 0 Å². The second-order valence-corrected chi connectivity index (χ2v) is 4.09. The van der Waals surface area contributed by atoms with Crippen LogP contribution in [0.2, 0.25) is 0 Å². The molecule has 0 spiro atoms. The minimum Gasteiger partial charge on any atom is -0.385 e. The maximum Gasteiger partial charge on any atom is 0.109 e. The van der Waals surface area contributed by atoms with Crippen LogP contribution in [0.3, 0.4) is 0 Å². The minimum absolute atomic E-state index is 0.511. The lowest BCUT2D eigenvalue weighted by Gasteiger charge is -2.15. The van der Waals surface area contributed by atoms with Gasteiger partial charge in [0.1, 0.15) is 6.10 Å². The fraction of sp³-hybridized carbons (Fsp3) is 0.444. The number of aliphatic hydroxyl groups excluding tert-OH is 1. The molecule has 0 fully saturated rings. The van der Waals surface area contributed by atoms with Crippen molar-refractivity contribution in [1.29, 1.82) is 0 Å². The zero-order valence-electron chi connectivity index (χ0n) is 7.74. The molecule has 1 atom stereocenters. The van der Waals surface area contributed by atoms with Crippen LogP contribution in [0.25, 0.3) is 0 Å². The predicted molar refractivity (Wildman–Crippen MR) is 55.5 cm³/mol. The molecule has 0 aromatic carbocycles. The summed E-state index contributed by atoms with van der Waals surface area (Å²) in [7, 11) is 3.84. The van der Waals surface area contributed by atoms with Gasteiger partial charge in [-0.25, -0.2) is 0 Å². The average molecular weight is 245 g/mol. The summed E-state index contributed by atoms with van der Waals surface area (Å²) in [4.78, 5) is 6.03. The highest BCUT2D eigenvalue weighted by Crippen LogP contribution is 2.13. The van der Waals surface area contributed by atoms with Crippen LogP contribution >= 0.6 is 15.9 Å². The van der Waals surface area contributed by atoms with Crippen molar-refractivity contribution in [3.63, 3.8) is 0 Å². The van der Waals surface area contributed by atoms with Crippen molar-refractivity contribution in [1.82, 2.24) is 9.88 Å². The number of likely N-dealkylation sites (N-methyl/N-ethyl adjacent to an activating group) is 1. The van der Waals surface area contributed by atoms with E-state index in [0.29, 0.717) is 12.2 Å². The minimum atomic E-state index is -0.511. The number of hydrogen-bond donors (Lipinski definition) is 1. The Labute approximate surface area is 86.5 Å². The number of halogens is 1. The standard InChI is InChI=1S/C9H13BrN2O/c1-12(2)6-9(13)8-4-3-7(10)5-11-8/h3-5,9,13H,6H2,1-2H3. The molecule has 1 N–H and O–H groups in total. The Bertz CT molecular complexity index is 261. The Morgan fingerprint density at radius 1 is 1.54 bits per heavy atom. The predicted octanol–water partition coefficient (Wildman–Crippen LogP) is 1.44. The summed E-state index contributed by atoms with van der Waals surface area (Å²) in [6, 6.07) is 3.69. The molecule has 0 saturated heterocycles. The monoisotopic (exact) mass is 244 g/mol. The molecule has 0 amide bonds. The molecule has 13 heavy (non-hydrogen) atoms. The van der Waals surface area contributed by atoms with Gasteiger partial charge in [0, 0.05) is 17.2 Å². The third kappa shape index (κ3) is 3.42. The van der Waals surface area contributed by atoms with E-state index in [-0.39, 0.29) is 0 Å². The molecule has 1 aromatic heterocycles. The molecule has 1 rings (SSSR count). The van der Waals surface area contributed by atoms with E-state index in [9.17, 15) is 5.11 Å². The van der Waals surface area contributed by atoms with E-state index in [2.05, 4.69) is 20.9 Å². The van der Waals surface area contributed by atoms with Crippen LogP contribution in [-0.2, 0) is 0 Å². The van der Waals surface area contributed by atoms with Crippen LogP contribution in [0, 0.1) is 0 Å². The van der Waals surface area contributed by atoms with Crippen LogP contribution in [-0.4, -0.2) is 35.6 Å². The summed E-state index contributed by atoms with van der Waals surface area (Å²) in [5.74, 6) is 0. The van der Waals surface area contributed by atoms with Gasteiger partial charge in [-0.2, -0.15) is 0 Å². The summed E-state index contributed by atoms with van der Waals surface area (Å²) in [6.07, 6.45) is 1.18. The van der Waals surface area contributed by atoms with Gasteiger partial charge in [0.05, 0.1) is 5.69 Å². The van der Waals surface area contributed by atoms with Gasteiger partial charge in [-0.3, -0.25) is 4.98 Å². The molecule has 0 aliphatic carbocycles. The number of aliphatic hydroxyl groups is 1. The van der Waals surface area contributed by atoms with Gasteiger partial charge in [0.15, 0.2) is 0 Å². The second kappa shape index (κ2) is 4.69. The van der Waals surface area contributed by atoms with Gasteiger partial charge in [-0.1, -0.05) is 0 Å². The SMILES string of the molecule is CN(C)CC(O)c1ccc(Br)cn1. The van der Waals surface area contributed by atoms with E-state index >= 15 is 0 Å². The van der Waals surface area contributed by atoms with Gasteiger partial charge in [0.2, 0.25) is 0 Å². The Hall–Kier alpha value is -0.450. The Morgan fingerprint density at radius 2 is 2.23 bits per heavy atom. The largest absolute Gasteiger partial charge is 0.385 e. The smallest absolute Gasteiger partial charge is 0.109 e. The van der Waals surface area contributed by atoms with E-state index in [0.717, 1.165) is 4.47 Å². The van der Waals surface area contributed by atoms with E-state index in [1.165, 1.54) is 0 Å². The highest BCUT2D eigenvalue weighted by Gasteiger charge is 2.09. The third-order valence-corrected chi connectivity index (χ3v) is 2.10. The summed E-state index contributed by atoms with van der Waals surface area (Å²) in [6.45, 7) is 0.592. The van der Waals surface area contributed by atoms with Crippen molar-refractivity contribution < 1.29 is 5.11 Å². The Balaban J connectivity index is 2.66. The Kier molecular flexibility index (Phi) is 3.84. The van der Waals surface area contributed by atoms with Crippen LogP contribution in [0.5, 0.6) is 0 Å². The highest BCUT2D eigenvalue weighted by atomic mass is 79.9. The van der Waals surface area contributed by atoms with E-state index < -0.39 is 6.10 Å². The molecule has 1 heterocycles. The van der Waals surface area contributed by atoms with Gasteiger partial charge in [-0.15, -0.1) is 0 Å². The second-order valence-electron chi connectivity index (χ2n) is 3.18. The van der Waals surface area contributed by atoms with Crippen molar-refractivity contribution in [2.24, 2.45) is 0 Å². The molecule has 0 aliphatic heterocycles. The van der Waals surface area contributed by atoms with Gasteiger partial charge >= 0.3 is 0 Å². The van der Waals surface area contributed by atoms with Crippen LogP contribution in [0.15, 0.2) is 22.8 Å². The van der Waals surface area contributed by atoms with Crippen LogP contribution < -0.4 is 0 Å². The number of nitrogens with zero attached hydrogens (tertiary/aromatic N) is 2. The lowest BCUT2D eigenvalue weighted by molar-refractivity contribution is 0.134. The number of aromatic nitrogens is 1. The first-order valence-corrected chi connectivity index (χ1v) is 4.83. The average Bonchev–Trinajstić information content (AvgIpc) is 2.04. The number of rotatable bonds is 3. The third-order valence-electron chi connectivity index (χ3n) is 1.63. The molecule has 0 saturated carbocycles. The molecule has 1 aromatic rings. The topological polar surface area (TPSA) is 36.4 Å². The molecule has 0 radical (unpaired) electrons. The number of hydrogen-bond acceptors (Lipinski definition) is 3. The van der Waals surface area contributed by atoms with E-state index in [4.69, 9.17) is 0 Å². The molecule has 0 aliphatic rings. The van der Waals surface area contributed by atoms with Crippen molar-refractivity contribution >= 4 is 15.9 Å². The van der Waals surface area contributed by atoms with Gasteiger partial charge in [-0.05, 0) is 42.2 Å². The van der Waals surface area contributed by atoms with Gasteiger partial charge < -0.3 is 10.0 Å².